The van der Waals surface area contributed by atoms with Gasteiger partial charge in [-0.3, -0.25) is 30.3 Å². The molecule has 14 nitrogen and oxygen atoms in total. The first-order valence-corrected chi connectivity index (χ1v) is 9.51. The van der Waals surface area contributed by atoms with Crippen molar-refractivity contribution >= 4 is 40.8 Å². The summed E-state index contributed by atoms with van der Waals surface area (Å²) in [5.74, 6) is -3.51. The molecule has 0 amide bonds. The van der Waals surface area contributed by atoms with Gasteiger partial charge in [0.15, 0.2) is 0 Å². The first-order chi connectivity index (χ1) is 15.4. The molecule has 0 atom stereocenters. The Bertz CT molecular complexity index is 1230. The number of aromatic carboxylic acids is 1. The molecule has 0 aromatic heterocycles. The van der Waals surface area contributed by atoms with E-state index in [2.05, 4.69) is 4.74 Å². The van der Waals surface area contributed by atoms with Crippen LogP contribution in [0.2, 0.25) is 0 Å². The summed E-state index contributed by atoms with van der Waals surface area (Å²) in [6, 6.07) is 2.28. The van der Waals surface area contributed by atoms with E-state index in [4.69, 9.17) is 4.74 Å². The Kier molecular flexibility index (Phi) is 7.18. The van der Waals surface area contributed by atoms with Gasteiger partial charge in [-0.15, -0.1) is 0 Å². The summed E-state index contributed by atoms with van der Waals surface area (Å²) in [6.45, 7) is 2.64. The van der Waals surface area contributed by atoms with Crippen molar-refractivity contribution in [3.8, 4) is 5.75 Å². The van der Waals surface area contributed by atoms with Crippen molar-refractivity contribution in [2.24, 2.45) is 0 Å². The number of carbonyl (C=O) groups excluding carboxylic acids is 1. The van der Waals surface area contributed by atoms with Crippen LogP contribution >= 0.6 is 11.8 Å². The summed E-state index contributed by atoms with van der Waals surface area (Å²) >= 11 is 0.417. The van der Waals surface area contributed by atoms with Crippen LogP contribution in [-0.4, -0.2) is 46.0 Å². The second-order valence-corrected chi connectivity index (χ2v) is 7.36. The third-order valence-electron chi connectivity index (χ3n) is 4.49. The number of aryl methyl sites for hydroxylation is 1. The van der Waals surface area contributed by atoms with E-state index in [0.717, 1.165) is 20.3 Å². The lowest BCUT2D eigenvalue weighted by Gasteiger charge is -2.15. The third kappa shape index (κ3) is 4.38. The number of methoxy groups -OCH3 is 2. The van der Waals surface area contributed by atoms with Gasteiger partial charge in [0.2, 0.25) is 11.3 Å². The summed E-state index contributed by atoms with van der Waals surface area (Å²) < 4.78 is 9.54. The van der Waals surface area contributed by atoms with Crippen molar-refractivity contribution in [1.29, 1.82) is 0 Å². The van der Waals surface area contributed by atoms with Gasteiger partial charge in [-0.1, -0.05) is 17.8 Å². The Labute approximate surface area is 188 Å². The summed E-state index contributed by atoms with van der Waals surface area (Å²) in [5.41, 5.74) is -4.54. The van der Waals surface area contributed by atoms with Gasteiger partial charge in [0, 0.05) is 5.56 Å². The zero-order valence-corrected chi connectivity index (χ0v) is 18.3. The second kappa shape index (κ2) is 9.47. The molecule has 0 spiro atoms. The number of benzene rings is 2. The first-order valence-electron chi connectivity index (χ1n) is 8.69. The van der Waals surface area contributed by atoms with E-state index in [0.29, 0.717) is 11.8 Å². The molecule has 2 rings (SSSR count). The Balaban J connectivity index is 3.08. The summed E-state index contributed by atoms with van der Waals surface area (Å²) in [4.78, 5) is 55.5. The van der Waals surface area contributed by atoms with Gasteiger partial charge >= 0.3 is 23.3 Å². The van der Waals surface area contributed by atoms with Crippen molar-refractivity contribution in [1.82, 2.24) is 0 Å². The number of esters is 1. The number of nitro benzene ring substituents is 3. The largest absolute Gasteiger partial charge is 0.490 e. The molecule has 0 saturated heterocycles. The van der Waals surface area contributed by atoms with Crippen LogP contribution in [0.25, 0.3) is 0 Å². The standard InChI is InChI=1S/C18H15N3O11S/c1-7-5-6-9(17(22)23)11(19(25)26)15(7)33-16-8(2)14(31-3)12(20(27)28)10(18(24)32-4)13(16)21(29)30/h5-6H,1-4H3,(H,22,23). The van der Waals surface area contributed by atoms with Crippen LogP contribution in [-0.2, 0) is 4.74 Å². The molecule has 0 aliphatic heterocycles. The predicted molar refractivity (Wildman–Crippen MR) is 111 cm³/mol. The SMILES string of the molecule is COC(=O)c1c([N+](=O)[O-])c(OC)c(C)c(Sc2c(C)ccc(C(=O)O)c2[N+](=O)[O-])c1[N+](=O)[O-]. The van der Waals surface area contributed by atoms with E-state index in [9.17, 15) is 45.0 Å². The predicted octanol–water partition coefficient (Wildman–Crippen LogP) is 3.67. The quantitative estimate of drug-likeness (QED) is 0.326. The molecule has 1 N–H and O–H groups in total. The van der Waals surface area contributed by atoms with Gasteiger partial charge < -0.3 is 14.6 Å². The highest BCUT2D eigenvalue weighted by molar-refractivity contribution is 7.99. The Morgan fingerprint density at radius 3 is 1.88 bits per heavy atom. The number of carboxylic acid groups (broad SMARTS) is 1. The zero-order chi connectivity index (χ0) is 25.2. The van der Waals surface area contributed by atoms with Crippen LogP contribution in [0.15, 0.2) is 21.9 Å². The monoisotopic (exact) mass is 481 g/mol. The summed E-state index contributed by atoms with van der Waals surface area (Å²) in [6.07, 6.45) is 0. The minimum absolute atomic E-state index is 0.164. The van der Waals surface area contributed by atoms with Crippen molar-refractivity contribution in [2.45, 2.75) is 23.6 Å². The maximum Gasteiger partial charge on any atom is 0.352 e. The van der Waals surface area contributed by atoms with Crippen LogP contribution in [0.1, 0.15) is 31.8 Å². The minimum Gasteiger partial charge on any atom is -0.490 e. The minimum atomic E-state index is -1.61. The number of rotatable bonds is 8. The number of nitro groups is 3. The molecule has 0 unspecified atom stereocenters. The lowest BCUT2D eigenvalue weighted by atomic mass is 10.0. The number of nitrogens with zero attached hydrogens (tertiary/aromatic N) is 3. The van der Waals surface area contributed by atoms with Crippen LogP contribution in [0, 0.1) is 44.2 Å². The molecule has 0 aliphatic rings. The van der Waals surface area contributed by atoms with Crippen LogP contribution in [0.4, 0.5) is 17.1 Å². The van der Waals surface area contributed by atoms with Crippen molar-refractivity contribution in [2.75, 3.05) is 14.2 Å². The number of ether oxygens (including phenoxy) is 2. The van der Waals surface area contributed by atoms with Crippen molar-refractivity contribution in [3.05, 3.63) is 64.7 Å². The number of hydrogen-bond donors (Lipinski definition) is 1. The highest BCUT2D eigenvalue weighted by atomic mass is 32.2. The van der Waals surface area contributed by atoms with Crippen LogP contribution in [0.5, 0.6) is 5.75 Å². The Morgan fingerprint density at radius 1 is 0.909 bits per heavy atom. The lowest BCUT2D eigenvalue weighted by Crippen LogP contribution is -2.13. The number of carbonyl (C=O) groups is 2. The molecule has 33 heavy (non-hydrogen) atoms. The Hall–Kier alpha value is -4.27. The van der Waals surface area contributed by atoms with Crippen molar-refractivity contribution in [3.63, 3.8) is 0 Å². The van der Waals surface area contributed by atoms with E-state index in [-0.39, 0.29) is 16.0 Å². The molecule has 15 heteroatoms. The molecule has 0 heterocycles. The third-order valence-corrected chi connectivity index (χ3v) is 5.91. The van der Waals surface area contributed by atoms with Gasteiger partial charge in [-0.25, -0.2) is 9.59 Å². The highest BCUT2D eigenvalue weighted by Gasteiger charge is 2.42. The molecule has 2 aromatic rings. The van der Waals surface area contributed by atoms with E-state index >= 15 is 0 Å². The van der Waals surface area contributed by atoms with Gasteiger partial charge in [-0.2, -0.15) is 0 Å². The molecule has 174 valence electrons. The molecular formula is C18H15N3O11S. The topological polar surface area (TPSA) is 202 Å². The summed E-state index contributed by atoms with van der Waals surface area (Å²) in [7, 11) is 1.90. The molecule has 0 saturated carbocycles. The van der Waals surface area contributed by atoms with Crippen LogP contribution < -0.4 is 4.74 Å². The fourth-order valence-electron chi connectivity index (χ4n) is 3.07. The van der Waals surface area contributed by atoms with E-state index in [1.54, 1.807) is 0 Å². The maximum absolute atomic E-state index is 12.4. The average Bonchev–Trinajstić information content (AvgIpc) is 2.73. The normalized spacial score (nSPS) is 10.4. The van der Waals surface area contributed by atoms with E-state index < -0.39 is 65.5 Å². The van der Waals surface area contributed by atoms with Crippen LogP contribution in [0.3, 0.4) is 0 Å². The molecule has 2 aromatic carbocycles. The first kappa shape index (κ1) is 25.0. The molecular weight excluding hydrogens is 466 g/mol. The second-order valence-electron chi connectivity index (χ2n) is 6.34. The lowest BCUT2D eigenvalue weighted by molar-refractivity contribution is -0.397. The van der Waals surface area contributed by atoms with E-state index in [1.807, 2.05) is 0 Å². The molecule has 0 fully saturated rings. The molecule has 0 aliphatic carbocycles. The highest BCUT2D eigenvalue weighted by Crippen LogP contribution is 2.51. The zero-order valence-electron chi connectivity index (χ0n) is 17.4. The number of hydrogen-bond acceptors (Lipinski definition) is 11. The fraction of sp³-hybridized carbons (Fsp3) is 0.222. The average molecular weight is 481 g/mol. The Morgan fingerprint density at radius 2 is 1.45 bits per heavy atom. The van der Waals surface area contributed by atoms with Gasteiger partial charge in [0.25, 0.3) is 5.69 Å². The molecule has 0 bridgehead atoms. The van der Waals surface area contributed by atoms with E-state index in [1.165, 1.54) is 19.9 Å². The van der Waals surface area contributed by atoms with Gasteiger partial charge in [-0.05, 0) is 25.5 Å². The molecule has 0 radical (unpaired) electrons. The number of carboxylic acids is 1. The van der Waals surface area contributed by atoms with Gasteiger partial charge in [0.05, 0.1) is 38.8 Å². The maximum atomic E-state index is 12.4. The van der Waals surface area contributed by atoms with Crippen molar-refractivity contribution < 1.29 is 38.9 Å². The summed E-state index contributed by atoms with van der Waals surface area (Å²) in [5, 5.41) is 44.7. The smallest absolute Gasteiger partial charge is 0.352 e. The van der Waals surface area contributed by atoms with Gasteiger partial charge in [0.1, 0.15) is 5.56 Å². The fourth-order valence-corrected chi connectivity index (χ4v) is 4.31.